The van der Waals surface area contributed by atoms with E-state index in [-0.39, 0.29) is 5.82 Å². The zero-order chi connectivity index (χ0) is 11.8. The maximum atomic E-state index is 13.3. The van der Waals surface area contributed by atoms with E-state index in [2.05, 4.69) is 6.07 Å². The van der Waals surface area contributed by atoms with Crippen LogP contribution in [0, 0.1) is 5.82 Å². The fourth-order valence-electron chi connectivity index (χ4n) is 1.95. The maximum absolute atomic E-state index is 13.3. The molecule has 0 amide bonds. The summed E-state index contributed by atoms with van der Waals surface area (Å²) in [5.74, 6) is -0.260. The number of halogens is 1. The van der Waals surface area contributed by atoms with Crippen molar-refractivity contribution in [1.82, 2.24) is 0 Å². The lowest BCUT2D eigenvalue weighted by atomic mass is 10.0. The second-order valence-corrected chi connectivity index (χ2v) is 4.79. The first-order valence-electron chi connectivity index (χ1n) is 5.27. The Labute approximate surface area is 102 Å². The standard InChI is InChI=1S/C14H10FNS/c15-9-5-6-13(16)11(7-9)12-8-17-14-4-2-1-3-10(12)14/h1-8H,16H2. The zero-order valence-electron chi connectivity index (χ0n) is 8.98. The first kappa shape index (κ1) is 10.3. The van der Waals surface area contributed by atoms with Gasteiger partial charge in [0.15, 0.2) is 0 Å². The highest BCUT2D eigenvalue weighted by Gasteiger charge is 2.09. The Hall–Kier alpha value is -1.87. The van der Waals surface area contributed by atoms with Crippen LogP contribution in [-0.4, -0.2) is 0 Å². The second-order valence-electron chi connectivity index (χ2n) is 3.88. The molecule has 1 heterocycles. The number of nitrogens with two attached hydrogens (primary N) is 1. The van der Waals surface area contributed by atoms with Crippen molar-refractivity contribution in [2.45, 2.75) is 0 Å². The van der Waals surface area contributed by atoms with Gasteiger partial charge in [-0.2, -0.15) is 0 Å². The molecule has 3 aromatic rings. The van der Waals surface area contributed by atoms with Gasteiger partial charge in [-0.15, -0.1) is 11.3 Å². The van der Waals surface area contributed by atoms with E-state index in [1.807, 2.05) is 23.6 Å². The van der Waals surface area contributed by atoms with Crippen LogP contribution >= 0.6 is 11.3 Å². The smallest absolute Gasteiger partial charge is 0.123 e. The third-order valence-electron chi connectivity index (χ3n) is 2.79. The first-order chi connectivity index (χ1) is 8.25. The molecular weight excluding hydrogens is 233 g/mol. The molecule has 0 aliphatic rings. The van der Waals surface area contributed by atoms with Gasteiger partial charge in [-0.05, 0) is 29.6 Å². The quantitative estimate of drug-likeness (QED) is 0.634. The van der Waals surface area contributed by atoms with Crippen LogP contribution in [0.25, 0.3) is 21.2 Å². The van der Waals surface area contributed by atoms with Gasteiger partial charge >= 0.3 is 0 Å². The molecule has 0 fully saturated rings. The van der Waals surface area contributed by atoms with Crippen LogP contribution in [0.2, 0.25) is 0 Å². The summed E-state index contributed by atoms with van der Waals surface area (Å²) in [4.78, 5) is 0. The molecule has 3 heteroatoms. The predicted octanol–water partition coefficient (Wildman–Crippen LogP) is 4.29. The molecule has 0 saturated heterocycles. The molecule has 2 N–H and O–H groups in total. The van der Waals surface area contributed by atoms with Crippen molar-refractivity contribution in [3.05, 3.63) is 53.7 Å². The number of fused-ring (bicyclic) bond motifs is 1. The number of hydrogen-bond acceptors (Lipinski definition) is 2. The maximum Gasteiger partial charge on any atom is 0.123 e. The molecule has 0 spiro atoms. The Kier molecular flexibility index (Phi) is 2.34. The van der Waals surface area contributed by atoms with Gasteiger partial charge in [0.2, 0.25) is 0 Å². The van der Waals surface area contributed by atoms with Gasteiger partial charge in [-0.25, -0.2) is 4.39 Å². The molecule has 84 valence electrons. The number of nitrogen functional groups attached to an aromatic ring is 1. The van der Waals surface area contributed by atoms with Crippen LogP contribution in [-0.2, 0) is 0 Å². The van der Waals surface area contributed by atoms with Gasteiger partial charge in [0.25, 0.3) is 0 Å². The van der Waals surface area contributed by atoms with E-state index in [9.17, 15) is 4.39 Å². The number of hydrogen-bond donors (Lipinski definition) is 1. The summed E-state index contributed by atoms with van der Waals surface area (Å²) in [6.45, 7) is 0. The lowest BCUT2D eigenvalue weighted by molar-refractivity contribution is 0.628. The second kappa shape index (κ2) is 3.86. The monoisotopic (exact) mass is 243 g/mol. The Morgan fingerprint density at radius 1 is 1.00 bits per heavy atom. The highest BCUT2D eigenvalue weighted by molar-refractivity contribution is 7.17. The van der Waals surface area contributed by atoms with Gasteiger partial charge in [0, 0.05) is 26.9 Å². The molecule has 0 aliphatic carbocycles. The van der Waals surface area contributed by atoms with E-state index in [1.165, 1.54) is 16.8 Å². The molecule has 0 bridgehead atoms. The van der Waals surface area contributed by atoms with E-state index in [0.717, 1.165) is 16.5 Å². The Morgan fingerprint density at radius 2 is 1.82 bits per heavy atom. The number of thiophene rings is 1. The molecule has 3 rings (SSSR count). The minimum Gasteiger partial charge on any atom is -0.398 e. The summed E-state index contributed by atoms with van der Waals surface area (Å²) < 4.78 is 14.5. The fourth-order valence-corrected chi connectivity index (χ4v) is 2.91. The van der Waals surface area contributed by atoms with Crippen molar-refractivity contribution in [2.24, 2.45) is 0 Å². The lowest BCUT2D eigenvalue weighted by Gasteiger charge is -2.04. The molecule has 0 aliphatic heterocycles. The van der Waals surface area contributed by atoms with E-state index >= 15 is 0 Å². The van der Waals surface area contributed by atoms with Gasteiger partial charge in [-0.3, -0.25) is 0 Å². The molecule has 0 unspecified atom stereocenters. The van der Waals surface area contributed by atoms with Crippen molar-refractivity contribution in [2.75, 3.05) is 5.73 Å². The predicted molar refractivity (Wildman–Crippen MR) is 71.6 cm³/mol. The van der Waals surface area contributed by atoms with E-state index in [0.29, 0.717) is 5.69 Å². The molecule has 17 heavy (non-hydrogen) atoms. The molecule has 1 nitrogen and oxygen atoms in total. The molecular formula is C14H10FNS. The van der Waals surface area contributed by atoms with E-state index < -0.39 is 0 Å². The van der Waals surface area contributed by atoms with Crippen LogP contribution in [0.15, 0.2) is 47.8 Å². The van der Waals surface area contributed by atoms with Crippen LogP contribution in [0.5, 0.6) is 0 Å². The summed E-state index contributed by atoms with van der Waals surface area (Å²) in [6.07, 6.45) is 0. The van der Waals surface area contributed by atoms with Crippen LogP contribution in [0.4, 0.5) is 10.1 Å². The summed E-state index contributed by atoms with van der Waals surface area (Å²) >= 11 is 1.65. The number of rotatable bonds is 1. The van der Waals surface area contributed by atoms with Gasteiger partial charge in [0.1, 0.15) is 5.82 Å². The average molecular weight is 243 g/mol. The van der Waals surface area contributed by atoms with Gasteiger partial charge < -0.3 is 5.73 Å². The molecule has 0 saturated carbocycles. The highest BCUT2D eigenvalue weighted by atomic mass is 32.1. The normalized spacial score (nSPS) is 10.9. The molecule has 1 aromatic heterocycles. The fraction of sp³-hybridized carbons (Fsp3) is 0. The van der Waals surface area contributed by atoms with Crippen molar-refractivity contribution >= 4 is 27.1 Å². The number of benzene rings is 2. The van der Waals surface area contributed by atoms with Crippen molar-refractivity contribution in [1.29, 1.82) is 0 Å². The molecule has 0 atom stereocenters. The minimum absolute atomic E-state index is 0.260. The Bertz CT molecular complexity index is 688. The first-order valence-corrected chi connectivity index (χ1v) is 6.15. The molecule has 2 aromatic carbocycles. The summed E-state index contributed by atoms with van der Waals surface area (Å²) in [5.41, 5.74) is 8.28. The summed E-state index contributed by atoms with van der Waals surface area (Å²) in [7, 11) is 0. The van der Waals surface area contributed by atoms with E-state index in [4.69, 9.17) is 5.73 Å². The largest absolute Gasteiger partial charge is 0.398 e. The van der Waals surface area contributed by atoms with Crippen LogP contribution in [0.1, 0.15) is 0 Å². The average Bonchev–Trinajstić information content (AvgIpc) is 2.76. The third-order valence-corrected chi connectivity index (χ3v) is 3.75. The van der Waals surface area contributed by atoms with Crippen molar-refractivity contribution in [3.8, 4) is 11.1 Å². The van der Waals surface area contributed by atoms with Gasteiger partial charge in [0.05, 0.1) is 0 Å². The number of anilines is 1. The van der Waals surface area contributed by atoms with Crippen molar-refractivity contribution in [3.63, 3.8) is 0 Å². The van der Waals surface area contributed by atoms with Crippen LogP contribution < -0.4 is 5.73 Å². The summed E-state index contributed by atoms with van der Waals surface area (Å²) in [6, 6.07) is 12.5. The van der Waals surface area contributed by atoms with Crippen LogP contribution in [0.3, 0.4) is 0 Å². The summed E-state index contributed by atoms with van der Waals surface area (Å²) in [5, 5.41) is 3.14. The SMILES string of the molecule is Nc1ccc(F)cc1-c1csc2ccccc12. The third kappa shape index (κ3) is 1.68. The lowest BCUT2D eigenvalue weighted by Crippen LogP contribution is -1.90. The zero-order valence-corrected chi connectivity index (χ0v) is 9.80. The topological polar surface area (TPSA) is 26.0 Å². The highest BCUT2D eigenvalue weighted by Crippen LogP contribution is 2.36. The Balaban J connectivity index is 2.31. The minimum atomic E-state index is -0.260. The van der Waals surface area contributed by atoms with E-state index in [1.54, 1.807) is 17.4 Å². The van der Waals surface area contributed by atoms with Gasteiger partial charge in [-0.1, -0.05) is 18.2 Å². The Morgan fingerprint density at radius 3 is 2.71 bits per heavy atom. The molecule has 0 radical (unpaired) electrons. The van der Waals surface area contributed by atoms with Crippen molar-refractivity contribution < 1.29 is 4.39 Å².